The number of fused-ring (bicyclic) bond motifs is 1. The summed E-state index contributed by atoms with van der Waals surface area (Å²) in [6.07, 6.45) is 4.32. The highest BCUT2D eigenvalue weighted by atomic mass is 32.2. The van der Waals surface area contributed by atoms with E-state index in [1.807, 2.05) is 30.3 Å². The molecule has 3 rings (SSSR count). The molecule has 3 unspecified atom stereocenters. The molecular weight excluding hydrogens is 392 g/mol. The Bertz CT molecular complexity index is 744. The lowest BCUT2D eigenvalue weighted by atomic mass is 9.84. The van der Waals surface area contributed by atoms with Crippen LogP contribution >= 0.6 is 11.8 Å². The molecule has 0 radical (unpaired) electrons. The highest BCUT2D eigenvalue weighted by molar-refractivity contribution is 7.99. The molecule has 158 valence electrons. The zero-order valence-corrected chi connectivity index (χ0v) is 17.3. The number of benzene rings is 1. The van der Waals surface area contributed by atoms with Crippen molar-refractivity contribution in [3.8, 4) is 0 Å². The number of nitrogens with one attached hydrogen (secondary N) is 1. The van der Waals surface area contributed by atoms with E-state index >= 15 is 0 Å². The minimum absolute atomic E-state index is 0.0522. The Labute approximate surface area is 174 Å². The van der Waals surface area contributed by atoms with E-state index < -0.39 is 30.1 Å². The van der Waals surface area contributed by atoms with E-state index in [9.17, 15) is 24.6 Å². The van der Waals surface area contributed by atoms with E-state index in [-0.39, 0.29) is 23.6 Å². The van der Waals surface area contributed by atoms with Crippen LogP contribution < -0.4 is 5.32 Å². The molecule has 1 amide bonds. The Morgan fingerprint density at radius 2 is 1.86 bits per heavy atom. The van der Waals surface area contributed by atoms with Crippen molar-refractivity contribution in [3.05, 3.63) is 30.3 Å². The average Bonchev–Trinajstić information content (AvgIpc) is 3.10. The number of aliphatic carboxylic acids is 2. The molecular formula is C21H28N2O5S. The normalized spacial score (nSPS) is 25.8. The van der Waals surface area contributed by atoms with E-state index in [0.29, 0.717) is 6.42 Å². The predicted octanol–water partition coefficient (Wildman–Crippen LogP) is 2.45. The minimum atomic E-state index is -1.03. The number of carbonyl (C=O) groups is 3. The maximum Gasteiger partial charge on any atom is 0.326 e. The molecule has 3 N–H and O–H groups in total. The Kier molecular flexibility index (Phi) is 7.18. The number of rotatable bonds is 8. The fourth-order valence-electron chi connectivity index (χ4n) is 4.48. The second-order valence-electron chi connectivity index (χ2n) is 7.85. The molecule has 1 saturated heterocycles. The number of thioether (sulfide) groups is 1. The summed E-state index contributed by atoms with van der Waals surface area (Å²) in [5, 5.41) is 22.1. The fourth-order valence-corrected chi connectivity index (χ4v) is 5.43. The lowest BCUT2D eigenvalue weighted by molar-refractivity contribution is -0.151. The monoisotopic (exact) mass is 420 g/mol. The van der Waals surface area contributed by atoms with Crippen molar-refractivity contribution in [3.63, 3.8) is 0 Å². The molecule has 0 bridgehead atoms. The molecule has 0 aromatic heterocycles. The highest BCUT2D eigenvalue weighted by Gasteiger charge is 2.48. The second kappa shape index (κ2) is 9.63. The third-order valence-electron chi connectivity index (χ3n) is 5.91. The smallest absolute Gasteiger partial charge is 0.326 e. The second-order valence-corrected chi connectivity index (χ2v) is 8.94. The van der Waals surface area contributed by atoms with Crippen LogP contribution in [0.15, 0.2) is 35.2 Å². The summed E-state index contributed by atoms with van der Waals surface area (Å²) < 4.78 is 0. The Morgan fingerprint density at radius 3 is 2.52 bits per heavy atom. The molecule has 8 heteroatoms. The molecule has 2 aliphatic rings. The van der Waals surface area contributed by atoms with Gasteiger partial charge in [0.05, 0.1) is 6.04 Å². The van der Waals surface area contributed by atoms with Crippen LogP contribution in [-0.2, 0) is 14.4 Å². The summed E-state index contributed by atoms with van der Waals surface area (Å²) in [5.41, 5.74) is 0. The van der Waals surface area contributed by atoms with Crippen molar-refractivity contribution in [2.45, 2.75) is 68.1 Å². The van der Waals surface area contributed by atoms with Gasteiger partial charge >= 0.3 is 11.9 Å². The minimum Gasteiger partial charge on any atom is -0.480 e. The Morgan fingerprint density at radius 1 is 1.17 bits per heavy atom. The van der Waals surface area contributed by atoms with Crippen molar-refractivity contribution in [1.82, 2.24) is 10.2 Å². The van der Waals surface area contributed by atoms with E-state index in [0.717, 1.165) is 30.6 Å². The number of carboxylic acids is 2. The van der Waals surface area contributed by atoms with Gasteiger partial charge < -0.3 is 15.1 Å². The maximum atomic E-state index is 13.1. The van der Waals surface area contributed by atoms with Gasteiger partial charge in [-0.3, -0.25) is 14.9 Å². The van der Waals surface area contributed by atoms with E-state index in [2.05, 4.69) is 5.32 Å². The van der Waals surface area contributed by atoms with Gasteiger partial charge in [0.15, 0.2) is 0 Å². The van der Waals surface area contributed by atoms with Gasteiger partial charge in [-0.1, -0.05) is 31.0 Å². The van der Waals surface area contributed by atoms with Crippen molar-refractivity contribution >= 4 is 29.6 Å². The number of hydrogen-bond acceptors (Lipinski definition) is 5. The number of amides is 1. The van der Waals surface area contributed by atoms with Gasteiger partial charge in [-0.2, -0.15) is 0 Å². The van der Waals surface area contributed by atoms with Crippen LogP contribution in [0.5, 0.6) is 0 Å². The van der Waals surface area contributed by atoms with Crippen LogP contribution in [0.1, 0.15) is 39.0 Å². The SMILES string of the molecule is C[C@H](NC(CSc1ccccc1)C(=O)O)C(=O)N1C2CCCCC2C[C@H]1C(=O)O. The lowest BCUT2D eigenvalue weighted by Crippen LogP contribution is -2.56. The van der Waals surface area contributed by atoms with Gasteiger partial charge in [0, 0.05) is 16.7 Å². The van der Waals surface area contributed by atoms with Gasteiger partial charge in [0.1, 0.15) is 12.1 Å². The number of hydrogen-bond donors (Lipinski definition) is 3. The molecule has 29 heavy (non-hydrogen) atoms. The molecule has 2 fully saturated rings. The van der Waals surface area contributed by atoms with Gasteiger partial charge in [-0.05, 0) is 44.2 Å². The summed E-state index contributed by atoms with van der Waals surface area (Å²) in [6.45, 7) is 1.63. The molecule has 0 spiro atoms. The van der Waals surface area contributed by atoms with Crippen LogP contribution in [0.4, 0.5) is 0 Å². The van der Waals surface area contributed by atoms with Gasteiger partial charge in [0.25, 0.3) is 0 Å². The summed E-state index contributed by atoms with van der Waals surface area (Å²) in [7, 11) is 0. The van der Waals surface area contributed by atoms with Crippen molar-refractivity contribution in [1.29, 1.82) is 0 Å². The van der Waals surface area contributed by atoms with Crippen LogP contribution in [0.3, 0.4) is 0 Å². The third-order valence-corrected chi connectivity index (χ3v) is 7.01. The van der Waals surface area contributed by atoms with Crippen molar-refractivity contribution in [2.24, 2.45) is 5.92 Å². The first-order valence-electron chi connectivity index (χ1n) is 10.1. The number of nitrogens with zero attached hydrogens (tertiary/aromatic N) is 1. The predicted molar refractivity (Wildman–Crippen MR) is 110 cm³/mol. The fraction of sp³-hybridized carbons (Fsp3) is 0.571. The number of carbonyl (C=O) groups excluding carboxylic acids is 1. The topological polar surface area (TPSA) is 107 Å². The molecule has 1 aromatic rings. The largest absolute Gasteiger partial charge is 0.480 e. The van der Waals surface area contributed by atoms with E-state index in [4.69, 9.17) is 0 Å². The average molecular weight is 421 g/mol. The zero-order chi connectivity index (χ0) is 21.0. The summed E-state index contributed by atoms with van der Waals surface area (Å²) >= 11 is 1.40. The lowest BCUT2D eigenvalue weighted by Gasteiger charge is -2.35. The third kappa shape index (κ3) is 5.11. The first-order valence-corrected chi connectivity index (χ1v) is 11.1. The number of carboxylic acid groups (broad SMARTS) is 2. The Balaban J connectivity index is 1.66. The maximum absolute atomic E-state index is 13.1. The van der Waals surface area contributed by atoms with Gasteiger partial charge in [-0.15, -0.1) is 11.8 Å². The molecule has 1 heterocycles. The Hall–Kier alpha value is -2.06. The van der Waals surface area contributed by atoms with E-state index in [1.54, 1.807) is 6.92 Å². The summed E-state index contributed by atoms with van der Waals surface area (Å²) in [6, 6.07) is 6.93. The first kappa shape index (κ1) is 21.6. The molecule has 1 aliphatic heterocycles. The van der Waals surface area contributed by atoms with Crippen molar-refractivity contribution in [2.75, 3.05) is 5.75 Å². The van der Waals surface area contributed by atoms with Crippen molar-refractivity contribution < 1.29 is 24.6 Å². The van der Waals surface area contributed by atoms with Gasteiger partial charge in [-0.25, -0.2) is 4.79 Å². The molecule has 1 aliphatic carbocycles. The van der Waals surface area contributed by atoms with Crippen LogP contribution in [0.25, 0.3) is 0 Å². The summed E-state index contributed by atoms with van der Waals surface area (Å²) in [5.74, 6) is -1.83. The van der Waals surface area contributed by atoms with E-state index in [1.165, 1.54) is 16.7 Å². The first-order chi connectivity index (χ1) is 13.9. The molecule has 1 saturated carbocycles. The highest BCUT2D eigenvalue weighted by Crippen LogP contribution is 2.40. The quantitative estimate of drug-likeness (QED) is 0.555. The van der Waals surface area contributed by atoms with Crippen LogP contribution in [-0.4, -0.2) is 62.9 Å². The van der Waals surface area contributed by atoms with Crippen LogP contribution in [0, 0.1) is 5.92 Å². The molecule has 1 aromatic carbocycles. The standard InChI is InChI=1S/C21H28N2O5S/c1-13(22-16(20(25)26)12-29-15-8-3-2-4-9-15)19(24)23-17-10-6-5-7-14(17)11-18(23)21(27)28/h2-4,8-9,13-14,16-18,22H,5-7,10-12H2,1H3,(H,25,26)(H,27,28)/t13-,14?,16?,17?,18-/m0/s1. The summed E-state index contributed by atoms with van der Waals surface area (Å²) in [4.78, 5) is 39.1. The van der Waals surface area contributed by atoms with Crippen LogP contribution in [0.2, 0.25) is 0 Å². The van der Waals surface area contributed by atoms with Gasteiger partial charge in [0.2, 0.25) is 5.91 Å². The zero-order valence-electron chi connectivity index (χ0n) is 16.5. The molecule has 5 atom stereocenters. The molecule has 7 nitrogen and oxygen atoms in total. The number of likely N-dealkylation sites (tertiary alicyclic amines) is 1.